The molecule has 0 bridgehead atoms. The van der Waals surface area contributed by atoms with Gasteiger partial charge in [-0.3, -0.25) is 0 Å². The van der Waals surface area contributed by atoms with Gasteiger partial charge in [-0.1, -0.05) is 6.07 Å². The maximum atomic E-state index is 12.9. The van der Waals surface area contributed by atoms with E-state index < -0.39 is 0 Å². The number of hydrazine groups is 1. The molecule has 2 rings (SSSR count). The molecule has 1 aromatic heterocycles. The topological polar surface area (TPSA) is 49.8 Å². The summed E-state index contributed by atoms with van der Waals surface area (Å²) in [6.07, 6.45) is 3.12. The predicted octanol–water partition coefficient (Wildman–Crippen LogP) is 2.04. The van der Waals surface area contributed by atoms with Crippen molar-refractivity contribution in [3.05, 3.63) is 53.7 Å². The van der Waals surface area contributed by atoms with Gasteiger partial charge in [0, 0.05) is 18.8 Å². The van der Waals surface area contributed by atoms with Crippen LogP contribution in [0.1, 0.15) is 11.1 Å². The lowest BCUT2D eigenvalue weighted by Gasteiger charge is -2.09. The Kier molecular flexibility index (Phi) is 3.62. The van der Waals surface area contributed by atoms with E-state index in [-0.39, 0.29) is 5.82 Å². The van der Waals surface area contributed by atoms with E-state index in [0.29, 0.717) is 12.4 Å². The van der Waals surface area contributed by atoms with Crippen LogP contribution in [0.2, 0.25) is 0 Å². The normalized spacial score (nSPS) is 10.2. The van der Waals surface area contributed by atoms with Crippen molar-refractivity contribution in [1.82, 2.24) is 15.4 Å². The molecule has 0 aliphatic carbocycles. The highest BCUT2D eigenvalue weighted by Crippen LogP contribution is 2.09. The molecule has 2 aromatic rings. The van der Waals surface area contributed by atoms with Crippen LogP contribution in [0.3, 0.4) is 0 Å². The number of benzene rings is 1. The van der Waals surface area contributed by atoms with Gasteiger partial charge in [0.1, 0.15) is 18.0 Å². The Hall–Kier alpha value is -2.01. The van der Waals surface area contributed by atoms with Crippen molar-refractivity contribution in [2.75, 3.05) is 5.43 Å². The molecule has 17 heavy (non-hydrogen) atoms. The second-order valence-corrected chi connectivity index (χ2v) is 3.64. The first-order chi connectivity index (χ1) is 8.25. The molecule has 1 heterocycles. The third kappa shape index (κ3) is 3.22. The van der Waals surface area contributed by atoms with Crippen LogP contribution in [0.25, 0.3) is 0 Å². The Bertz CT molecular complexity index is 487. The Morgan fingerprint density at radius 3 is 2.88 bits per heavy atom. The molecule has 0 atom stereocenters. The van der Waals surface area contributed by atoms with Crippen molar-refractivity contribution >= 4 is 5.82 Å². The third-order valence-electron chi connectivity index (χ3n) is 2.38. The van der Waals surface area contributed by atoms with Gasteiger partial charge >= 0.3 is 0 Å². The Morgan fingerprint density at radius 1 is 1.29 bits per heavy atom. The molecule has 0 unspecified atom stereocenters. The largest absolute Gasteiger partial charge is 0.305 e. The monoisotopic (exact) mass is 232 g/mol. The molecule has 0 amide bonds. The number of aromatic nitrogens is 2. The van der Waals surface area contributed by atoms with Gasteiger partial charge in [0.05, 0.1) is 0 Å². The molecule has 5 heteroatoms. The van der Waals surface area contributed by atoms with Gasteiger partial charge in [0.15, 0.2) is 0 Å². The standard InChI is InChI=1S/C12H13FN4/c1-9-6-11(13)3-2-10(9)7-16-17-12-4-5-14-8-15-12/h2-6,8,16H,7H2,1H3,(H,14,15,17). The molecule has 0 spiro atoms. The van der Waals surface area contributed by atoms with Crippen molar-refractivity contribution in [2.24, 2.45) is 0 Å². The second-order valence-electron chi connectivity index (χ2n) is 3.64. The van der Waals surface area contributed by atoms with E-state index in [0.717, 1.165) is 11.1 Å². The molecule has 0 aliphatic rings. The van der Waals surface area contributed by atoms with E-state index in [1.165, 1.54) is 18.5 Å². The van der Waals surface area contributed by atoms with Crippen LogP contribution in [-0.4, -0.2) is 9.97 Å². The number of hydrogen-bond acceptors (Lipinski definition) is 4. The van der Waals surface area contributed by atoms with Gasteiger partial charge in [-0.15, -0.1) is 0 Å². The van der Waals surface area contributed by atoms with E-state index in [1.807, 2.05) is 6.92 Å². The van der Waals surface area contributed by atoms with Gasteiger partial charge in [0.2, 0.25) is 0 Å². The molecular formula is C12H13FN4. The Morgan fingerprint density at radius 2 is 2.18 bits per heavy atom. The Labute approximate surface area is 98.9 Å². The summed E-state index contributed by atoms with van der Waals surface area (Å²) in [4.78, 5) is 7.82. The smallest absolute Gasteiger partial charge is 0.143 e. The fourth-order valence-electron chi connectivity index (χ4n) is 1.45. The maximum absolute atomic E-state index is 12.9. The summed E-state index contributed by atoms with van der Waals surface area (Å²) in [5.41, 5.74) is 7.91. The first-order valence-electron chi connectivity index (χ1n) is 5.25. The molecule has 88 valence electrons. The summed E-state index contributed by atoms with van der Waals surface area (Å²) in [6, 6.07) is 6.49. The molecule has 4 nitrogen and oxygen atoms in total. The van der Waals surface area contributed by atoms with Crippen LogP contribution in [0.15, 0.2) is 36.8 Å². The van der Waals surface area contributed by atoms with E-state index >= 15 is 0 Å². The molecule has 0 saturated carbocycles. The minimum absolute atomic E-state index is 0.213. The summed E-state index contributed by atoms with van der Waals surface area (Å²) < 4.78 is 12.9. The van der Waals surface area contributed by atoms with Crippen LogP contribution in [0.5, 0.6) is 0 Å². The van der Waals surface area contributed by atoms with Crippen LogP contribution >= 0.6 is 0 Å². The highest BCUT2D eigenvalue weighted by molar-refractivity contribution is 5.31. The molecule has 2 N–H and O–H groups in total. The summed E-state index contributed by atoms with van der Waals surface area (Å²) in [5.74, 6) is 0.481. The lowest BCUT2D eigenvalue weighted by Crippen LogP contribution is -2.22. The van der Waals surface area contributed by atoms with Crippen LogP contribution < -0.4 is 10.9 Å². The zero-order valence-corrected chi connectivity index (χ0v) is 9.44. The third-order valence-corrected chi connectivity index (χ3v) is 2.38. The summed E-state index contributed by atoms with van der Waals surface area (Å²) in [7, 11) is 0. The number of anilines is 1. The van der Waals surface area contributed by atoms with E-state index in [1.54, 1.807) is 18.3 Å². The number of hydrogen-bond donors (Lipinski definition) is 2. The number of nitrogens with one attached hydrogen (secondary N) is 2. The molecule has 0 radical (unpaired) electrons. The van der Waals surface area contributed by atoms with Gasteiger partial charge in [-0.2, -0.15) is 0 Å². The van der Waals surface area contributed by atoms with Gasteiger partial charge in [0.25, 0.3) is 0 Å². The first kappa shape index (κ1) is 11.5. The molecular weight excluding hydrogens is 219 g/mol. The summed E-state index contributed by atoms with van der Waals surface area (Å²) in [5, 5.41) is 0. The highest BCUT2D eigenvalue weighted by Gasteiger charge is 1.99. The van der Waals surface area contributed by atoms with Gasteiger partial charge in [-0.05, 0) is 30.2 Å². The fraction of sp³-hybridized carbons (Fsp3) is 0.167. The average molecular weight is 232 g/mol. The number of aryl methyl sites for hydroxylation is 1. The molecule has 0 saturated heterocycles. The lowest BCUT2D eigenvalue weighted by molar-refractivity contribution is 0.624. The summed E-state index contributed by atoms with van der Waals surface area (Å²) in [6.45, 7) is 2.47. The number of nitrogens with zero attached hydrogens (tertiary/aromatic N) is 2. The van der Waals surface area contributed by atoms with Crippen molar-refractivity contribution in [2.45, 2.75) is 13.5 Å². The number of rotatable bonds is 4. The average Bonchev–Trinajstić information content (AvgIpc) is 2.33. The van der Waals surface area contributed by atoms with Crippen LogP contribution in [0.4, 0.5) is 10.2 Å². The molecule has 0 aliphatic heterocycles. The Balaban J connectivity index is 1.90. The second kappa shape index (κ2) is 5.36. The minimum Gasteiger partial charge on any atom is -0.305 e. The van der Waals surface area contributed by atoms with E-state index in [2.05, 4.69) is 20.8 Å². The lowest BCUT2D eigenvalue weighted by atomic mass is 10.1. The summed E-state index contributed by atoms with van der Waals surface area (Å²) >= 11 is 0. The van der Waals surface area contributed by atoms with E-state index in [9.17, 15) is 4.39 Å². The first-order valence-corrected chi connectivity index (χ1v) is 5.25. The number of halogens is 1. The SMILES string of the molecule is Cc1cc(F)ccc1CNNc1ccncn1. The maximum Gasteiger partial charge on any atom is 0.143 e. The zero-order valence-electron chi connectivity index (χ0n) is 9.44. The van der Waals surface area contributed by atoms with Crippen LogP contribution in [-0.2, 0) is 6.54 Å². The highest BCUT2D eigenvalue weighted by atomic mass is 19.1. The van der Waals surface area contributed by atoms with E-state index in [4.69, 9.17) is 0 Å². The van der Waals surface area contributed by atoms with Crippen molar-refractivity contribution in [3.8, 4) is 0 Å². The van der Waals surface area contributed by atoms with Gasteiger partial charge in [-0.25, -0.2) is 19.8 Å². The van der Waals surface area contributed by atoms with Crippen molar-refractivity contribution in [1.29, 1.82) is 0 Å². The van der Waals surface area contributed by atoms with Gasteiger partial charge < -0.3 is 5.43 Å². The molecule has 1 aromatic carbocycles. The van der Waals surface area contributed by atoms with Crippen molar-refractivity contribution in [3.63, 3.8) is 0 Å². The quantitative estimate of drug-likeness (QED) is 0.792. The zero-order chi connectivity index (χ0) is 12.1. The van der Waals surface area contributed by atoms with Crippen molar-refractivity contribution < 1.29 is 4.39 Å². The minimum atomic E-state index is -0.213. The van der Waals surface area contributed by atoms with Crippen LogP contribution in [0, 0.1) is 12.7 Å². The molecule has 0 fully saturated rings. The fourth-order valence-corrected chi connectivity index (χ4v) is 1.45. The predicted molar refractivity (Wildman–Crippen MR) is 63.6 cm³/mol.